The fourth-order valence-corrected chi connectivity index (χ4v) is 3.02. The van der Waals surface area contributed by atoms with E-state index >= 15 is 0 Å². The minimum Gasteiger partial charge on any atom is -0.494 e. The van der Waals surface area contributed by atoms with Gasteiger partial charge in [0.2, 0.25) is 5.91 Å². The van der Waals surface area contributed by atoms with Crippen molar-refractivity contribution in [3.05, 3.63) is 23.3 Å². The maximum absolute atomic E-state index is 12.0. The molecule has 0 aromatic heterocycles. The molecule has 30 heavy (non-hydrogen) atoms. The van der Waals surface area contributed by atoms with Crippen LogP contribution in [0.5, 0.6) is 11.5 Å². The summed E-state index contributed by atoms with van der Waals surface area (Å²) in [6.07, 6.45) is 1.10. The first kappa shape index (κ1) is 26.3. The van der Waals surface area contributed by atoms with Crippen LogP contribution < -0.4 is 25.4 Å². The van der Waals surface area contributed by atoms with Gasteiger partial charge in [0.25, 0.3) is 0 Å². The minimum atomic E-state index is -0.387. The SMILES string of the molecule is CCNC(=NCc1cc2c(cc1OCC)CC(C)O2)NCCNC(=O)C(C)(C)C.I. The summed E-state index contributed by atoms with van der Waals surface area (Å²) in [6.45, 7) is 14.8. The van der Waals surface area contributed by atoms with Crippen molar-refractivity contribution in [2.45, 2.75) is 60.6 Å². The van der Waals surface area contributed by atoms with Crippen molar-refractivity contribution in [1.82, 2.24) is 16.0 Å². The highest BCUT2D eigenvalue weighted by atomic mass is 127. The van der Waals surface area contributed by atoms with Crippen molar-refractivity contribution < 1.29 is 14.3 Å². The van der Waals surface area contributed by atoms with Gasteiger partial charge < -0.3 is 25.4 Å². The lowest BCUT2D eigenvalue weighted by atomic mass is 9.96. The lowest BCUT2D eigenvalue weighted by Gasteiger charge is -2.18. The number of carbonyl (C=O) groups is 1. The van der Waals surface area contributed by atoms with E-state index in [1.54, 1.807) is 0 Å². The second kappa shape index (κ2) is 12.2. The molecule has 8 heteroatoms. The van der Waals surface area contributed by atoms with Crippen molar-refractivity contribution >= 4 is 35.8 Å². The van der Waals surface area contributed by atoms with Gasteiger partial charge in [-0.2, -0.15) is 0 Å². The smallest absolute Gasteiger partial charge is 0.225 e. The highest BCUT2D eigenvalue weighted by Crippen LogP contribution is 2.35. The molecule has 170 valence electrons. The van der Waals surface area contributed by atoms with Gasteiger partial charge in [0, 0.05) is 42.6 Å². The largest absolute Gasteiger partial charge is 0.494 e. The summed E-state index contributed by atoms with van der Waals surface area (Å²) in [6, 6.07) is 4.12. The van der Waals surface area contributed by atoms with Gasteiger partial charge in [-0.15, -0.1) is 24.0 Å². The number of carbonyl (C=O) groups excluding carboxylic acids is 1. The molecule has 0 saturated carbocycles. The highest BCUT2D eigenvalue weighted by molar-refractivity contribution is 14.0. The fraction of sp³-hybridized carbons (Fsp3) is 0.636. The van der Waals surface area contributed by atoms with E-state index in [0.29, 0.717) is 32.2 Å². The number of aliphatic imine (C=N–C) groups is 1. The van der Waals surface area contributed by atoms with Gasteiger partial charge in [-0.05, 0) is 32.9 Å². The predicted octanol–water partition coefficient (Wildman–Crippen LogP) is 3.24. The summed E-state index contributed by atoms with van der Waals surface area (Å²) in [5.74, 6) is 2.53. The van der Waals surface area contributed by atoms with Gasteiger partial charge in [-0.25, -0.2) is 4.99 Å². The number of nitrogens with one attached hydrogen (secondary N) is 3. The number of nitrogens with zero attached hydrogens (tertiary/aromatic N) is 1. The van der Waals surface area contributed by atoms with E-state index in [1.165, 1.54) is 5.56 Å². The Morgan fingerprint density at radius 3 is 2.53 bits per heavy atom. The second-order valence-electron chi connectivity index (χ2n) is 8.26. The summed E-state index contributed by atoms with van der Waals surface area (Å²) in [4.78, 5) is 16.6. The number of guanidine groups is 1. The topological polar surface area (TPSA) is 84.0 Å². The average molecular weight is 532 g/mol. The number of hydrogen-bond donors (Lipinski definition) is 3. The van der Waals surface area contributed by atoms with E-state index in [4.69, 9.17) is 9.47 Å². The molecule has 1 unspecified atom stereocenters. The number of ether oxygens (including phenoxy) is 2. The van der Waals surface area contributed by atoms with Gasteiger partial charge in [0.05, 0.1) is 13.2 Å². The van der Waals surface area contributed by atoms with Crippen LogP contribution in [0.1, 0.15) is 52.7 Å². The molecule has 0 aliphatic carbocycles. The lowest BCUT2D eigenvalue weighted by Crippen LogP contribution is -2.43. The van der Waals surface area contributed by atoms with Crippen LogP contribution >= 0.6 is 24.0 Å². The third-order valence-electron chi connectivity index (χ3n) is 4.51. The van der Waals surface area contributed by atoms with Crippen molar-refractivity contribution in [3.8, 4) is 11.5 Å². The molecule has 1 amide bonds. The van der Waals surface area contributed by atoms with E-state index in [9.17, 15) is 4.79 Å². The first-order valence-electron chi connectivity index (χ1n) is 10.5. The first-order chi connectivity index (χ1) is 13.7. The molecule has 1 atom stereocenters. The molecule has 1 aromatic carbocycles. The summed E-state index contributed by atoms with van der Waals surface area (Å²) >= 11 is 0. The Bertz CT molecular complexity index is 732. The monoisotopic (exact) mass is 532 g/mol. The van der Waals surface area contributed by atoms with Gasteiger partial charge >= 0.3 is 0 Å². The van der Waals surface area contributed by atoms with Crippen molar-refractivity contribution in [3.63, 3.8) is 0 Å². The zero-order chi connectivity index (χ0) is 21.4. The van der Waals surface area contributed by atoms with Gasteiger partial charge in [-0.3, -0.25) is 4.79 Å². The van der Waals surface area contributed by atoms with Gasteiger partial charge in [-0.1, -0.05) is 20.8 Å². The van der Waals surface area contributed by atoms with Crippen molar-refractivity contribution in [1.29, 1.82) is 0 Å². The molecule has 1 heterocycles. The lowest BCUT2D eigenvalue weighted by molar-refractivity contribution is -0.128. The molecule has 3 N–H and O–H groups in total. The Morgan fingerprint density at radius 1 is 1.20 bits per heavy atom. The zero-order valence-corrected chi connectivity index (χ0v) is 21.4. The summed E-state index contributed by atoms with van der Waals surface area (Å²) in [7, 11) is 0. The quantitative estimate of drug-likeness (QED) is 0.207. The normalized spacial score (nSPS) is 15.5. The number of benzene rings is 1. The molecular formula is C22H37IN4O3. The Balaban J connectivity index is 0.00000450. The van der Waals surface area contributed by atoms with E-state index in [-0.39, 0.29) is 41.4 Å². The molecular weight excluding hydrogens is 495 g/mol. The summed E-state index contributed by atoms with van der Waals surface area (Å²) in [5.41, 5.74) is 1.80. The standard InChI is InChI=1S/C22H36N4O3.HI/c1-7-23-21(25-10-9-24-20(27)22(4,5)6)26-14-17-13-19-16(11-15(3)29-19)12-18(17)28-8-2;/h12-13,15H,7-11,14H2,1-6H3,(H,24,27)(H2,23,25,26);1H. The van der Waals surface area contributed by atoms with E-state index in [0.717, 1.165) is 30.0 Å². The Labute approximate surface area is 197 Å². The third-order valence-corrected chi connectivity index (χ3v) is 4.51. The van der Waals surface area contributed by atoms with E-state index in [1.807, 2.05) is 40.7 Å². The molecule has 0 fully saturated rings. The van der Waals surface area contributed by atoms with Crippen LogP contribution in [0.15, 0.2) is 17.1 Å². The Morgan fingerprint density at radius 2 is 1.90 bits per heavy atom. The maximum atomic E-state index is 12.0. The average Bonchev–Trinajstić information content (AvgIpc) is 3.01. The summed E-state index contributed by atoms with van der Waals surface area (Å²) < 4.78 is 11.7. The van der Waals surface area contributed by atoms with Gasteiger partial charge in [0.15, 0.2) is 5.96 Å². The molecule has 1 aliphatic rings. The molecule has 7 nitrogen and oxygen atoms in total. The number of halogens is 1. The second-order valence-corrected chi connectivity index (χ2v) is 8.26. The van der Waals surface area contributed by atoms with Crippen LogP contribution in [0.4, 0.5) is 0 Å². The zero-order valence-electron chi connectivity index (χ0n) is 19.1. The number of hydrogen-bond acceptors (Lipinski definition) is 4. The molecule has 0 spiro atoms. The first-order valence-corrected chi connectivity index (χ1v) is 10.5. The third kappa shape index (κ3) is 7.85. The van der Waals surface area contributed by atoms with Gasteiger partial charge in [0.1, 0.15) is 17.6 Å². The van der Waals surface area contributed by atoms with E-state index in [2.05, 4.69) is 33.9 Å². The van der Waals surface area contributed by atoms with Crippen LogP contribution in [0.25, 0.3) is 0 Å². The highest BCUT2D eigenvalue weighted by Gasteiger charge is 2.22. The molecule has 2 rings (SSSR count). The van der Waals surface area contributed by atoms with Crippen LogP contribution in [0.3, 0.4) is 0 Å². The van der Waals surface area contributed by atoms with Crippen molar-refractivity contribution in [2.75, 3.05) is 26.2 Å². The molecule has 0 saturated heterocycles. The predicted molar refractivity (Wildman–Crippen MR) is 132 cm³/mol. The number of amides is 1. The Hall–Kier alpha value is -1.71. The number of rotatable bonds is 8. The fourth-order valence-electron chi connectivity index (χ4n) is 3.02. The Kier molecular flexibility index (Phi) is 10.7. The van der Waals surface area contributed by atoms with E-state index < -0.39 is 0 Å². The number of fused-ring (bicyclic) bond motifs is 1. The van der Waals surface area contributed by atoms with Crippen LogP contribution in [0, 0.1) is 5.41 Å². The molecule has 1 aliphatic heterocycles. The van der Waals surface area contributed by atoms with Crippen molar-refractivity contribution in [2.24, 2.45) is 10.4 Å². The minimum absolute atomic E-state index is 0. The summed E-state index contributed by atoms with van der Waals surface area (Å²) in [5, 5.41) is 9.43. The van der Waals surface area contributed by atoms with Crippen LogP contribution in [0.2, 0.25) is 0 Å². The maximum Gasteiger partial charge on any atom is 0.225 e. The van der Waals surface area contributed by atoms with Crippen LogP contribution in [-0.2, 0) is 17.8 Å². The molecule has 1 aromatic rings. The molecule has 0 bridgehead atoms. The molecule has 0 radical (unpaired) electrons. The van der Waals surface area contributed by atoms with Crippen LogP contribution in [-0.4, -0.2) is 44.2 Å².